The second kappa shape index (κ2) is 3.42. The molecule has 1 aliphatic carbocycles. The standard InChI is InChI=1S/C14H14O4/c1-7-9-2-8-3-12-13(18-6-17-12)4-10(8)14(15)11(9)5-16-7/h3-4,9,11,14-15H,1-2,5-6H2/t9-,11-,14-/m0/s1. The van der Waals surface area contributed by atoms with Crippen LogP contribution in [0.2, 0.25) is 0 Å². The van der Waals surface area contributed by atoms with Crippen molar-refractivity contribution >= 4 is 0 Å². The van der Waals surface area contributed by atoms with E-state index < -0.39 is 6.10 Å². The molecule has 1 aromatic rings. The topological polar surface area (TPSA) is 47.9 Å². The van der Waals surface area contributed by atoms with E-state index in [0.29, 0.717) is 6.61 Å². The Labute approximate surface area is 105 Å². The van der Waals surface area contributed by atoms with E-state index in [2.05, 4.69) is 6.58 Å². The predicted octanol–water partition coefficient (Wildman–Crippen LogP) is 1.78. The molecule has 0 aromatic heterocycles. The van der Waals surface area contributed by atoms with E-state index in [-0.39, 0.29) is 18.6 Å². The first-order valence-corrected chi connectivity index (χ1v) is 6.16. The highest BCUT2D eigenvalue weighted by Gasteiger charge is 2.43. The number of ether oxygens (including phenoxy) is 3. The minimum Gasteiger partial charge on any atom is -0.498 e. The Hall–Kier alpha value is -1.68. The van der Waals surface area contributed by atoms with Gasteiger partial charge >= 0.3 is 0 Å². The lowest BCUT2D eigenvalue weighted by atomic mass is 9.75. The molecule has 2 aliphatic heterocycles. The highest BCUT2D eigenvalue weighted by atomic mass is 16.7. The first kappa shape index (κ1) is 10.3. The molecular formula is C14H14O4. The molecule has 0 radical (unpaired) electrons. The summed E-state index contributed by atoms with van der Waals surface area (Å²) in [6.07, 6.45) is 0.347. The Morgan fingerprint density at radius 2 is 1.94 bits per heavy atom. The predicted molar refractivity (Wildman–Crippen MR) is 63.3 cm³/mol. The second-order valence-electron chi connectivity index (χ2n) is 5.10. The van der Waals surface area contributed by atoms with Crippen molar-refractivity contribution in [2.45, 2.75) is 12.5 Å². The Morgan fingerprint density at radius 3 is 2.78 bits per heavy atom. The Bertz CT molecular complexity index is 537. The third kappa shape index (κ3) is 1.24. The monoisotopic (exact) mass is 246 g/mol. The van der Waals surface area contributed by atoms with Crippen molar-refractivity contribution < 1.29 is 19.3 Å². The van der Waals surface area contributed by atoms with E-state index in [4.69, 9.17) is 14.2 Å². The summed E-state index contributed by atoms with van der Waals surface area (Å²) < 4.78 is 16.2. The van der Waals surface area contributed by atoms with Crippen molar-refractivity contribution in [2.24, 2.45) is 11.8 Å². The van der Waals surface area contributed by atoms with E-state index >= 15 is 0 Å². The van der Waals surface area contributed by atoms with Crippen LogP contribution in [0, 0.1) is 11.8 Å². The van der Waals surface area contributed by atoms with Gasteiger partial charge in [0.2, 0.25) is 6.79 Å². The number of hydrogen-bond donors (Lipinski definition) is 1. The van der Waals surface area contributed by atoms with Crippen LogP contribution in [-0.4, -0.2) is 18.5 Å². The van der Waals surface area contributed by atoms with E-state index in [9.17, 15) is 5.11 Å². The molecule has 94 valence electrons. The molecule has 4 nitrogen and oxygen atoms in total. The fourth-order valence-corrected chi connectivity index (χ4v) is 3.16. The van der Waals surface area contributed by atoms with Crippen LogP contribution in [0.1, 0.15) is 17.2 Å². The molecule has 1 N–H and O–H groups in total. The minimum atomic E-state index is -0.507. The Morgan fingerprint density at radius 1 is 1.17 bits per heavy atom. The molecule has 1 saturated heterocycles. The maximum absolute atomic E-state index is 10.5. The zero-order chi connectivity index (χ0) is 12.3. The Kier molecular flexibility index (Phi) is 1.95. The van der Waals surface area contributed by atoms with Gasteiger partial charge in [-0.15, -0.1) is 0 Å². The number of benzene rings is 1. The number of hydrogen-bond acceptors (Lipinski definition) is 4. The van der Waals surface area contributed by atoms with Gasteiger partial charge in [-0.2, -0.15) is 0 Å². The average molecular weight is 246 g/mol. The molecule has 0 spiro atoms. The quantitative estimate of drug-likeness (QED) is 0.758. The molecule has 0 saturated carbocycles. The molecule has 2 heterocycles. The normalized spacial score (nSPS) is 31.8. The summed E-state index contributed by atoms with van der Waals surface area (Å²) in [6, 6.07) is 3.88. The first-order chi connectivity index (χ1) is 8.74. The van der Waals surface area contributed by atoms with Crippen molar-refractivity contribution in [3.05, 3.63) is 35.6 Å². The number of fused-ring (bicyclic) bond motifs is 3. The third-order valence-corrected chi connectivity index (χ3v) is 4.19. The summed E-state index contributed by atoms with van der Waals surface area (Å²) in [5.41, 5.74) is 2.05. The Balaban J connectivity index is 1.82. The van der Waals surface area contributed by atoms with Crippen molar-refractivity contribution in [1.82, 2.24) is 0 Å². The van der Waals surface area contributed by atoms with Crippen LogP contribution in [0.15, 0.2) is 24.5 Å². The first-order valence-electron chi connectivity index (χ1n) is 6.16. The van der Waals surface area contributed by atoms with Crippen LogP contribution in [0.4, 0.5) is 0 Å². The lowest BCUT2D eigenvalue weighted by molar-refractivity contribution is 0.0730. The maximum atomic E-state index is 10.5. The second-order valence-corrected chi connectivity index (χ2v) is 5.10. The smallest absolute Gasteiger partial charge is 0.231 e. The third-order valence-electron chi connectivity index (χ3n) is 4.19. The van der Waals surface area contributed by atoms with Crippen LogP contribution < -0.4 is 9.47 Å². The zero-order valence-corrected chi connectivity index (χ0v) is 9.89. The lowest BCUT2D eigenvalue weighted by Crippen LogP contribution is -2.27. The van der Waals surface area contributed by atoms with Crippen molar-refractivity contribution in [3.8, 4) is 11.5 Å². The van der Waals surface area contributed by atoms with E-state index in [1.807, 2.05) is 12.1 Å². The van der Waals surface area contributed by atoms with Crippen LogP contribution in [0.5, 0.6) is 11.5 Å². The summed E-state index contributed by atoms with van der Waals surface area (Å²) in [7, 11) is 0. The maximum Gasteiger partial charge on any atom is 0.231 e. The van der Waals surface area contributed by atoms with Crippen molar-refractivity contribution in [3.63, 3.8) is 0 Å². The number of aliphatic hydroxyl groups excluding tert-OH is 1. The van der Waals surface area contributed by atoms with Crippen LogP contribution >= 0.6 is 0 Å². The van der Waals surface area contributed by atoms with Gasteiger partial charge in [0.05, 0.1) is 18.5 Å². The molecule has 0 bridgehead atoms. The summed E-state index contributed by atoms with van der Waals surface area (Å²) >= 11 is 0. The highest BCUT2D eigenvalue weighted by Crippen LogP contribution is 2.48. The van der Waals surface area contributed by atoms with Crippen LogP contribution in [0.3, 0.4) is 0 Å². The largest absolute Gasteiger partial charge is 0.498 e. The van der Waals surface area contributed by atoms with Crippen LogP contribution in [-0.2, 0) is 11.2 Å². The summed E-state index contributed by atoms with van der Waals surface area (Å²) in [6.45, 7) is 4.74. The molecule has 0 amide bonds. The van der Waals surface area contributed by atoms with Gasteiger partial charge in [0.1, 0.15) is 0 Å². The fourth-order valence-electron chi connectivity index (χ4n) is 3.16. The minimum absolute atomic E-state index is 0.116. The van der Waals surface area contributed by atoms with Crippen LogP contribution in [0.25, 0.3) is 0 Å². The zero-order valence-electron chi connectivity index (χ0n) is 9.89. The van der Waals surface area contributed by atoms with Gasteiger partial charge in [-0.05, 0) is 29.7 Å². The average Bonchev–Trinajstić information content (AvgIpc) is 2.95. The molecule has 1 fully saturated rings. The van der Waals surface area contributed by atoms with E-state index in [1.165, 1.54) is 0 Å². The van der Waals surface area contributed by atoms with Gasteiger partial charge in [0.15, 0.2) is 11.5 Å². The van der Waals surface area contributed by atoms with Gasteiger partial charge in [0.25, 0.3) is 0 Å². The van der Waals surface area contributed by atoms with Gasteiger partial charge in [-0.25, -0.2) is 0 Å². The van der Waals surface area contributed by atoms with E-state index in [0.717, 1.165) is 34.8 Å². The van der Waals surface area contributed by atoms with Crippen molar-refractivity contribution in [2.75, 3.05) is 13.4 Å². The summed E-state index contributed by atoms with van der Waals surface area (Å²) in [5, 5.41) is 10.5. The molecule has 4 heteroatoms. The molecular weight excluding hydrogens is 232 g/mol. The molecule has 3 atom stereocenters. The fraction of sp³-hybridized carbons (Fsp3) is 0.429. The van der Waals surface area contributed by atoms with Gasteiger partial charge in [-0.1, -0.05) is 6.58 Å². The van der Waals surface area contributed by atoms with Gasteiger partial charge in [-0.3, -0.25) is 0 Å². The molecule has 1 aromatic carbocycles. The summed E-state index contributed by atoms with van der Waals surface area (Å²) in [4.78, 5) is 0. The van der Waals surface area contributed by atoms with E-state index in [1.54, 1.807) is 0 Å². The molecule has 3 aliphatic rings. The number of rotatable bonds is 0. The molecule has 0 unspecified atom stereocenters. The number of allylic oxidation sites excluding steroid dienone is 1. The van der Waals surface area contributed by atoms with Crippen molar-refractivity contribution in [1.29, 1.82) is 0 Å². The van der Waals surface area contributed by atoms with Gasteiger partial charge < -0.3 is 19.3 Å². The van der Waals surface area contributed by atoms with Gasteiger partial charge in [0, 0.05) is 11.8 Å². The molecule has 18 heavy (non-hydrogen) atoms. The molecule has 4 rings (SSSR count). The highest BCUT2D eigenvalue weighted by molar-refractivity contribution is 5.51. The lowest BCUT2D eigenvalue weighted by Gasteiger charge is -2.30. The SMILES string of the molecule is C=C1OC[C@H]2[C@H]1Cc1cc3c(cc1[C@@H]2O)OCO3. The summed E-state index contributed by atoms with van der Waals surface area (Å²) in [5.74, 6) is 2.62. The number of aliphatic hydroxyl groups is 1.